The number of nitrogens with one attached hydrogen (secondary N) is 1. The van der Waals surface area contributed by atoms with Gasteiger partial charge in [0.1, 0.15) is 5.82 Å². The number of halogens is 1. The number of piperidine rings is 1. The number of rotatable bonds is 5. The number of aromatic nitrogens is 1. The van der Waals surface area contributed by atoms with E-state index in [4.69, 9.17) is 6.42 Å². The van der Waals surface area contributed by atoms with Gasteiger partial charge in [-0.2, -0.15) is 0 Å². The Morgan fingerprint density at radius 3 is 2.77 bits per heavy atom. The zero-order valence-corrected chi connectivity index (χ0v) is 14.7. The predicted molar refractivity (Wildman–Crippen MR) is 97.7 cm³/mol. The topological polar surface area (TPSA) is 53.2 Å². The van der Waals surface area contributed by atoms with Crippen LogP contribution in [-0.4, -0.2) is 41.6 Å². The summed E-state index contributed by atoms with van der Waals surface area (Å²) in [5.41, 5.74) is 0.683. The summed E-state index contributed by atoms with van der Waals surface area (Å²) in [7, 11) is 2.08. The van der Waals surface area contributed by atoms with Crippen molar-refractivity contribution in [2.45, 2.75) is 19.3 Å². The lowest BCUT2D eigenvalue weighted by atomic mass is 9.91. The highest BCUT2D eigenvalue weighted by molar-refractivity contribution is 6.11. The Balaban J connectivity index is 1.75. The highest BCUT2D eigenvalue weighted by Crippen LogP contribution is 2.23. The lowest BCUT2D eigenvalue weighted by Gasteiger charge is -2.28. The van der Waals surface area contributed by atoms with Crippen molar-refractivity contribution in [3.8, 4) is 12.3 Å². The van der Waals surface area contributed by atoms with Crippen LogP contribution in [0.2, 0.25) is 0 Å². The van der Waals surface area contributed by atoms with Crippen LogP contribution in [-0.2, 0) is 0 Å². The summed E-state index contributed by atoms with van der Waals surface area (Å²) in [6.45, 7) is 1.99. The normalized spacial score (nSPS) is 15.6. The fourth-order valence-corrected chi connectivity index (χ4v) is 3.34. The first-order valence-corrected chi connectivity index (χ1v) is 8.69. The second-order valence-corrected chi connectivity index (χ2v) is 6.81. The second kappa shape index (κ2) is 7.67. The molecule has 0 unspecified atom stereocenters. The largest absolute Gasteiger partial charge is 0.358 e. The zero-order chi connectivity index (χ0) is 18.7. The molecule has 1 aliphatic rings. The number of ketones is 2. The third-order valence-corrected chi connectivity index (χ3v) is 4.95. The van der Waals surface area contributed by atoms with Crippen LogP contribution in [0.4, 0.5) is 4.39 Å². The number of hydrogen-bond donors (Lipinski definition) is 1. The Morgan fingerprint density at radius 1 is 1.35 bits per heavy atom. The third-order valence-electron chi connectivity index (χ3n) is 4.95. The molecule has 1 aromatic carbocycles. The molecule has 0 bridgehead atoms. The summed E-state index contributed by atoms with van der Waals surface area (Å²) >= 11 is 0. The molecule has 2 heterocycles. The zero-order valence-electron chi connectivity index (χ0n) is 14.7. The van der Waals surface area contributed by atoms with E-state index in [-0.39, 0.29) is 22.5 Å². The predicted octanol–water partition coefficient (Wildman–Crippen LogP) is 3.28. The minimum Gasteiger partial charge on any atom is -0.358 e. The minimum absolute atomic E-state index is 0.0238. The van der Waals surface area contributed by atoms with Crippen molar-refractivity contribution in [3.05, 3.63) is 58.7 Å². The van der Waals surface area contributed by atoms with Gasteiger partial charge in [-0.15, -0.1) is 6.42 Å². The van der Waals surface area contributed by atoms with Gasteiger partial charge in [-0.25, -0.2) is 4.39 Å². The average molecular weight is 352 g/mol. The van der Waals surface area contributed by atoms with Crippen LogP contribution >= 0.6 is 0 Å². The molecule has 0 atom stereocenters. The smallest absolute Gasteiger partial charge is 0.198 e. The summed E-state index contributed by atoms with van der Waals surface area (Å²) in [6, 6.07) is 5.68. The highest BCUT2D eigenvalue weighted by Gasteiger charge is 2.23. The van der Waals surface area contributed by atoms with Crippen molar-refractivity contribution < 1.29 is 14.0 Å². The molecule has 5 heteroatoms. The van der Waals surface area contributed by atoms with Crippen LogP contribution < -0.4 is 0 Å². The molecule has 3 rings (SSSR count). The molecule has 1 N–H and O–H groups in total. The first kappa shape index (κ1) is 18.1. The quantitative estimate of drug-likeness (QED) is 0.664. The highest BCUT2D eigenvalue weighted by atomic mass is 19.1. The van der Waals surface area contributed by atoms with Gasteiger partial charge in [-0.3, -0.25) is 9.59 Å². The summed E-state index contributed by atoms with van der Waals surface area (Å²) in [5.74, 6) is 1.49. The van der Waals surface area contributed by atoms with Gasteiger partial charge < -0.3 is 9.88 Å². The molecule has 1 saturated heterocycles. The van der Waals surface area contributed by atoms with E-state index in [1.165, 1.54) is 30.5 Å². The van der Waals surface area contributed by atoms with Crippen LogP contribution in [0, 0.1) is 24.1 Å². The average Bonchev–Trinajstić information content (AvgIpc) is 3.13. The van der Waals surface area contributed by atoms with Crippen LogP contribution in [0.25, 0.3) is 0 Å². The summed E-state index contributed by atoms with van der Waals surface area (Å²) in [6.07, 6.45) is 9.26. The molecule has 2 aromatic rings. The maximum Gasteiger partial charge on any atom is 0.198 e. The molecule has 26 heavy (non-hydrogen) atoms. The molecule has 0 spiro atoms. The Labute approximate surface area is 152 Å². The number of carbonyl (C=O) groups excluding carboxylic acids is 2. The van der Waals surface area contributed by atoms with Crippen molar-refractivity contribution in [1.29, 1.82) is 0 Å². The van der Waals surface area contributed by atoms with Gasteiger partial charge >= 0.3 is 0 Å². The Hall–Kier alpha value is -2.71. The maximum absolute atomic E-state index is 14.1. The van der Waals surface area contributed by atoms with Gasteiger partial charge in [0.25, 0.3) is 0 Å². The summed E-state index contributed by atoms with van der Waals surface area (Å²) in [5, 5.41) is 0. The molecule has 1 fully saturated rings. The number of Topliss-reactive ketones (excluding diaryl/α,β-unsaturated/α-hetero) is 1. The molecular formula is C21H21FN2O2. The number of aromatic amines is 1. The lowest BCUT2D eigenvalue weighted by molar-refractivity contribution is 0.0931. The van der Waals surface area contributed by atoms with Crippen molar-refractivity contribution in [1.82, 2.24) is 9.88 Å². The third kappa shape index (κ3) is 3.76. The van der Waals surface area contributed by atoms with Crippen molar-refractivity contribution in [2.24, 2.45) is 5.92 Å². The first-order valence-electron chi connectivity index (χ1n) is 8.69. The number of H-pyrrole nitrogens is 1. The van der Waals surface area contributed by atoms with E-state index in [0.717, 1.165) is 25.9 Å². The molecule has 0 amide bonds. The number of nitrogens with zero attached hydrogens (tertiary/aromatic N) is 1. The Bertz CT molecular complexity index is 870. The first-order chi connectivity index (χ1) is 12.5. The summed E-state index contributed by atoms with van der Waals surface area (Å²) < 4.78 is 14.1. The van der Waals surface area contributed by atoms with E-state index >= 15 is 0 Å². The molecule has 0 saturated carbocycles. The van der Waals surface area contributed by atoms with E-state index in [1.807, 2.05) is 0 Å². The fraction of sp³-hybridized carbons (Fsp3) is 0.333. The van der Waals surface area contributed by atoms with Gasteiger partial charge in [0.15, 0.2) is 11.6 Å². The number of carbonyl (C=O) groups is 2. The van der Waals surface area contributed by atoms with Gasteiger partial charge in [0.2, 0.25) is 0 Å². The van der Waals surface area contributed by atoms with Gasteiger partial charge in [-0.1, -0.05) is 12.0 Å². The number of hydrogen-bond acceptors (Lipinski definition) is 3. The van der Waals surface area contributed by atoms with Gasteiger partial charge in [0, 0.05) is 23.7 Å². The van der Waals surface area contributed by atoms with Crippen molar-refractivity contribution in [2.75, 3.05) is 20.1 Å². The number of benzene rings is 1. The van der Waals surface area contributed by atoms with Crippen LogP contribution in [0.1, 0.15) is 51.2 Å². The fourth-order valence-electron chi connectivity index (χ4n) is 3.34. The monoisotopic (exact) mass is 352 g/mol. The van der Waals surface area contributed by atoms with E-state index < -0.39 is 11.6 Å². The van der Waals surface area contributed by atoms with Crippen molar-refractivity contribution >= 4 is 11.6 Å². The molecule has 0 aliphatic carbocycles. The maximum atomic E-state index is 14.1. The molecular weight excluding hydrogens is 331 g/mol. The number of terminal acetylenes is 1. The van der Waals surface area contributed by atoms with Crippen LogP contribution in [0.5, 0.6) is 0 Å². The Kier molecular flexibility index (Phi) is 5.34. The SMILES string of the molecule is C#Cc1cccc(F)c1C(=O)c1c[nH]c(C(=O)CC2CCN(C)CC2)c1. The molecule has 134 valence electrons. The molecule has 1 aliphatic heterocycles. The standard InChI is InChI=1S/C21H21FN2O2/c1-3-15-5-4-6-17(22)20(15)21(26)16-12-18(23-13-16)19(25)11-14-7-9-24(2)10-8-14/h1,4-6,12-14,23H,7-11H2,2H3. The van der Waals surface area contributed by atoms with Gasteiger partial charge in [0.05, 0.1) is 11.3 Å². The van der Waals surface area contributed by atoms with E-state index in [2.05, 4.69) is 22.9 Å². The lowest BCUT2D eigenvalue weighted by Crippen LogP contribution is -2.31. The number of likely N-dealkylation sites (tertiary alicyclic amines) is 1. The molecule has 4 nitrogen and oxygen atoms in total. The molecule has 0 radical (unpaired) electrons. The van der Waals surface area contributed by atoms with E-state index in [9.17, 15) is 14.0 Å². The van der Waals surface area contributed by atoms with Crippen LogP contribution in [0.3, 0.4) is 0 Å². The van der Waals surface area contributed by atoms with Gasteiger partial charge in [-0.05, 0) is 57.1 Å². The summed E-state index contributed by atoms with van der Waals surface area (Å²) in [4.78, 5) is 30.2. The van der Waals surface area contributed by atoms with E-state index in [1.54, 1.807) is 0 Å². The van der Waals surface area contributed by atoms with E-state index in [0.29, 0.717) is 18.0 Å². The second-order valence-electron chi connectivity index (χ2n) is 6.81. The van der Waals surface area contributed by atoms with Crippen molar-refractivity contribution in [3.63, 3.8) is 0 Å². The minimum atomic E-state index is -0.661. The molecule has 1 aromatic heterocycles. The Morgan fingerprint density at radius 2 is 2.08 bits per heavy atom. The van der Waals surface area contributed by atoms with Crippen LogP contribution in [0.15, 0.2) is 30.5 Å².